The molecule has 0 aliphatic heterocycles. The molecule has 0 spiro atoms. The van der Waals surface area contributed by atoms with Gasteiger partial charge in [0.1, 0.15) is 5.52 Å². The lowest BCUT2D eigenvalue weighted by atomic mass is 9.76. The number of oxazole rings is 1. The van der Waals surface area contributed by atoms with Crippen LogP contribution in [0.1, 0.15) is 33.6 Å². The van der Waals surface area contributed by atoms with Crippen molar-refractivity contribution in [3.05, 3.63) is 24.1 Å². The fraction of sp³-hybridized carbons (Fsp3) is 0.500. The zero-order chi connectivity index (χ0) is 15.1. The Morgan fingerprint density at radius 2 is 1.90 bits per heavy atom. The van der Waals surface area contributed by atoms with Gasteiger partial charge in [-0.1, -0.05) is 12.1 Å². The molecule has 2 N–H and O–H groups in total. The molecule has 0 saturated heterocycles. The van der Waals surface area contributed by atoms with E-state index in [1.165, 1.54) is 0 Å². The van der Waals surface area contributed by atoms with Gasteiger partial charge in [-0.05, 0) is 33.8 Å². The van der Waals surface area contributed by atoms with Crippen LogP contribution in [0.25, 0.3) is 11.1 Å². The first-order valence-electron chi connectivity index (χ1n) is 6.56. The SMILES string of the molecule is Cc1nc2cccc(B(O)OC(C)(C)C(C)(C)O)c2o1. The molecular formula is C14H20BNO4. The average Bonchev–Trinajstić information content (AvgIpc) is 2.66. The molecule has 2 aromatic rings. The van der Waals surface area contributed by atoms with E-state index in [0.29, 0.717) is 22.5 Å². The number of para-hydroxylation sites is 1. The van der Waals surface area contributed by atoms with E-state index < -0.39 is 18.3 Å². The van der Waals surface area contributed by atoms with Gasteiger partial charge in [0.25, 0.3) is 0 Å². The minimum Gasteiger partial charge on any atom is -0.441 e. The largest absolute Gasteiger partial charge is 0.495 e. The summed E-state index contributed by atoms with van der Waals surface area (Å²) in [7, 11) is -1.20. The quantitative estimate of drug-likeness (QED) is 0.826. The third-order valence-electron chi connectivity index (χ3n) is 3.70. The van der Waals surface area contributed by atoms with Gasteiger partial charge in [-0.3, -0.25) is 0 Å². The average molecular weight is 277 g/mol. The molecule has 1 aromatic carbocycles. The molecule has 5 nitrogen and oxygen atoms in total. The molecule has 0 unspecified atom stereocenters. The second-order valence-electron chi connectivity index (χ2n) is 5.97. The summed E-state index contributed by atoms with van der Waals surface area (Å²) in [5.41, 5.74) is -0.351. The van der Waals surface area contributed by atoms with Crippen LogP contribution in [0, 0.1) is 6.92 Å². The summed E-state index contributed by atoms with van der Waals surface area (Å²) in [5, 5.41) is 20.4. The Morgan fingerprint density at radius 1 is 1.25 bits per heavy atom. The Hall–Kier alpha value is -1.37. The normalized spacial score (nSPS) is 12.9. The van der Waals surface area contributed by atoms with Crippen molar-refractivity contribution in [3.63, 3.8) is 0 Å². The smallest absolute Gasteiger partial charge is 0.441 e. The van der Waals surface area contributed by atoms with Gasteiger partial charge in [-0.25, -0.2) is 4.98 Å². The van der Waals surface area contributed by atoms with E-state index in [-0.39, 0.29) is 0 Å². The molecular weight excluding hydrogens is 257 g/mol. The third-order valence-corrected chi connectivity index (χ3v) is 3.70. The number of nitrogens with zero attached hydrogens (tertiary/aromatic N) is 1. The van der Waals surface area contributed by atoms with Crippen molar-refractivity contribution < 1.29 is 19.2 Å². The van der Waals surface area contributed by atoms with Crippen molar-refractivity contribution in [1.82, 2.24) is 4.98 Å². The van der Waals surface area contributed by atoms with Crippen LogP contribution in [-0.2, 0) is 4.65 Å². The highest BCUT2D eigenvalue weighted by Crippen LogP contribution is 2.26. The van der Waals surface area contributed by atoms with Gasteiger partial charge in [-0.15, -0.1) is 0 Å². The van der Waals surface area contributed by atoms with Gasteiger partial charge in [-0.2, -0.15) is 0 Å². The molecule has 0 saturated carbocycles. The molecule has 1 aromatic heterocycles. The molecule has 0 fully saturated rings. The maximum Gasteiger partial charge on any atom is 0.495 e. The lowest BCUT2D eigenvalue weighted by Gasteiger charge is -2.38. The first kappa shape index (κ1) is 15.0. The van der Waals surface area contributed by atoms with Crippen LogP contribution in [0.4, 0.5) is 0 Å². The molecule has 2 rings (SSSR count). The molecule has 0 atom stereocenters. The van der Waals surface area contributed by atoms with Crippen LogP contribution in [0.3, 0.4) is 0 Å². The van der Waals surface area contributed by atoms with Crippen molar-refractivity contribution in [3.8, 4) is 0 Å². The van der Waals surface area contributed by atoms with Crippen molar-refractivity contribution in [2.75, 3.05) is 0 Å². The van der Waals surface area contributed by atoms with E-state index in [0.717, 1.165) is 0 Å². The van der Waals surface area contributed by atoms with Gasteiger partial charge in [0.2, 0.25) is 0 Å². The summed E-state index contributed by atoms with van der Waals surface area (Å²) in [4.78, 5) is 4.22. The zero-order valence-corrected chi connectivity index (χ0v) is 12.5. The molecule has 0 aliphatic rings. The van der Waals surface area contributed by atoms with Crippen LogP contribution < -0.4 is 5.46 Å². The Labute approximate surface area is 118 Å². The van der Waals surface area contributed by atoms with Gasteiger partial charge >= 0.3 is 7.12 Å². The first-order valence-corrected chi connectivity index (χ1v) is 6.56. The van der Waals surface area contributed by atoms with Crippen LogP contribution >= 0.6 is 0 Å². The summed E-state index contributed by atoms with van der Waals surface area (Å²) in [6.07, 6.45) is 0. The van der Waals surface area contributed by atoms with Gasteiger partial charge in [0.15, 0.2) is 11.5 Å². The molecule has 6 heteroatoms. The van der Waals surface area contributed by atoms with Gasteiger partial charge < -0.3 is 19.2 Å². The number of aromatic nitrogens is 1. The van der Waals surface area contributed by atoms with E-state index in [4.69, 9.17) is 9.07 Å². The number of fused-ring (bicyclic) bond motifs is 1. The standard InChI is InChI=1S/C14H20BNO4/c1-9-16-11-8-6-7-10(12(11)19-9)15(18)20-14(4,5)13(2,3)17/h6-8,17-18H,1-5H3. The molecule has 20 heavy (non-hydrogen) atoms. The highest BCUT2D eigenvalue weighted by molar-refractivity contribution is 6.62. The maximum absolute atomic E-state index is 10.3. The summed E-state index contributed by atoms with van der Waals surface area (Å²) in [6, 6.07) is 5.31. The number of aliphatic hydroxyl groups is 1. The van der Waals surface area contributed by atoms with Gasteiger partial charge in [0, 0.05) is 12.4 Å². The van der Waals surface area contributed by atoms with Crippen molar-refractivity contribution in [2.45, 2.75) is 45.8 Å². The van der Waals surface area contributed by atoms with E-state index >= 15 is 0 Å². The topological polar surface area (TPSA) is 75.7 Å². The Bertz CT molecular complexity index is 615. The first-order chi connectivity index (χ1) is 9.12. The zero-order valence-electron chi connectivity index (χ0n) is 12.5. The lowest BCUT2D eigenvalue weighted by molar-refractivity contribution is -0.0982. The number of hydrogen-bond donors (Lipinski definition) is 2. The summed E-state index contributed by atoms with van der Waals surface area (Å²) in [6.45, 7) is 8.47. The Morgan fingerprint density at radius 3 is 2.50 bits per heavy atom. The predicted octanol–water partition coefficient (Wildman–Crippen LogP) is 1.39. The summed E-state index contributed by atoms with van der Waals surface area (Å²) >= 11 is 0. The lowest BCUT2D eigenvalue weighted by Crippen LogP contribution is -2.53. The minimum atomic E-state index is -1.20. The van der Waals surface area contributed by atoms with Crippen LogP contribution in [0.15, 0.2) is 22.6 Å². The van der Waals surface area contributed by atoms with Crippen molar-refractivity contribution in [2.24, 2.45) is 0 Å². The molecule has 0 bridgehead atoms. The highest BCUT2D eigenvalue weighted by atomic mass is 16.5. The second-order valence-corrected chi connectivity index (χ2v) is 5.97. The Kier molecular flexibility index (Phi) is 3.66. The summed E-state index contributed by atoms with van der Waals surface area (Å²) < 4.78 is 11.1. The fourth-order valence-electron chi connectivity index (χ4n) is 1.76. The molecule has 108 valence electrons. The molecule has 0 radical (unpaired) electrons. The van der Waals surface area contributed by atoms with E-state index in [1.807, 2.05) is 6.07 Å². The minimum absolute atomic E-state index is 0.500. The van der Waals surface area contributed by atoms with Crippen LogP contribution in [0.2, 0.25) is 0 Å². The third kappa shape index (κ3) is 2.72. The van der Waals surface area contributed by atoms with Gasteiger partial charge in [0.05, 0.1) is 11.2 Å². The predicted molar refractivity (Wildman–Crippen MR) is 77.8 cm³/mol. The Balaban J connectivity index is 2.35. The molecule has 0 aliphatic carbocycles. The van der Waals surface area contributed by atoms with E-state index in [2.05, 4.69) is 4.98 Å². The monoisotopic (exact) mass is 277 g/mol. The van der Waals surface area contributed by atoms with Crippen molar-refractivity contribution >= 4 is 23.7 Å². The van der Waals surface area contributed by atoms with E-state index in [1.54, 1.807) is 46.8 Å². The molecule has 1 heterocycles. The highest BCUT2D eigenvalue weighted by Gasteiger charge is 2.40. The maximum atomic E-state index is 10.3. The fourth-order valence-corrected chi connectivity index (χ4v) is 1.76. The van der Waals surface area contributed by atoms with E-state index in [9.17, 15) is 10.1 Å². The number of rotatable bonds is 4. The van der Waals surface area contributed by atoms with Crippen LogP contribution in [0.5, 0.6) is 0 Å². The second kappa shape index (κ2) is 4.88. The van der Waals surface area contributed by atoms with Crippen LogP contribution in [-0.4, -0.2) is 33.4 Å². The summed E-state index contributed by atoms with van der Waals surface area (Å²) in [5.74, 6) is 0.529. The number of benzene rings is 1. The molecule has 0 amide bonds. The number of hydrogen-bond acceptors (Lipinski definition) is 5. The van der Waals surface area contributed by atoms with Crippen molar-refractivity contribution in [1.29, 1.82) is 0 Å². The number of aryl methyl sites for hydroxylation is 1.